The Morgan fingerprint density at radius 3 is 2.72 bits per heavy atom. The van der Waals surface area contributed by atoms with Gasteiger partial charge in [-0.05, 0) is 30.9 Å². The summed E-state index contributed by atoms with van der Waals surface area (Å²) in [6, 6.07) is 8.61. The molecular weight excluding hydrogens is 244 g/mol. The van der Waals surface area contributed by atoms with Crippen molar-refractivity contribution >= 4 is 17.7 Å². The number of nitrogens with two attached hydrogens (primary N) is 1. The maximum absolute atomic E-state index is 12.4. The van der Waals surface area contributed by atoms with Crippen molar-refractivity contribution in [3.8, 4) is 0 Å². The van der Waals surface area contributed by atoms with Gasteiger partial charge in [0.2, 0.25) is 5.91 Å². The number of benzene rings is 1. The topological polar surface area (TPSA) is 46.3 Å². The standard InChI is InChI=1S/C14H18N2OS/c15-11-5-7-16(8-6-11)14(17)13-9-10-3-1-2-4-12(10)18-13/h1-4,11,13H,5-9,15H2. The molecule has 2 aliphatic rings. The van der Waals surface area contributed by atoms with Gasteiger partial charge in [0.25, 0.3) is 0 Å². The van der Waals surface area contributed by atoms with Gasteiger partial charge in [-0.2, -0.15) is 0 Å². The molecule has 1 atom stereocenters. The van der Waals surface area contributed by atoms with E-state index in [1.54, 1.807) is 11.8 Å². The van der Waals surface area contributed by atoms with Gasteiger partial charge in [0.15, 0.2) is 0 Å². The molecule has 0 saturated carbocycles. The number of piperidine rings is 1. The minimum atomic E-state index is 0.0803. The van der Waals surface area contributed by atoms with Gasteiger partial charge in [-0.3, -0.25) is 4.79 Å². The van der Waals surface area contributed by atoms with E-state index in [-0.39, 0.29) is 11.3 Å². The zero-order valence-electron chi connectivity index (χ0n) is 10.3. The van der Waals surface area contributed by atoms with Gasteiger partial charge in [0.1, 0.15) is 0 Å². The van der Waals surface area contributed by atoms with Crippen LogP contribution in [0.2, 0.25) is 0 Å². The van der Waals surface area contributed by atoms with Crippen LogP contribution >= 0.6 is 11.8 Å². The Kier molecular flexibility index (Phi) is 3.31. The third kappa shape index (κ3) is 2.27. The Morgan fingerprint density at radius 2 is 2.00 bits per heavy atom. The van der Waals surface area contributed by atoms with Crippen LogP contribution in [0.15, 0.2) is 29.2 Å². The number of carbonyl (C=O) groups excluding carboxylic acids is 1. The molecule has 18 heavy (non-hydrogen) atoms. The van der Waals surface area contributed by atoms with Crippen molar-refractivity contribution in [1.82, 2.24) is 4.90 Å². The first-order chi connectivity index (χ1) is 8.74. The molecule has 1 aromatic rings. The lowest BCUT2D eigenvalue weighted by Crippen LogP contribution is -2.46. The van der Waals surface area contributed by atoms with Crippen LogP contribution < -0.4 is 5.73 Å². The minimum Gasteiger partial charge on any atom is -0.342 e. The van der Waals surface area contributed by atoms with Crippen molar-refractivity contribution in [2.24, 2.45) is 5.73 Å². The van der Waals surface area contributed by atoms with E-state index in [4.69, 9.17) is 5.73 Å². The molecule has 4 heteroatoms. The Balaban J connectivity index is 1.65. The highest BCUT2D eigenvalue weighted by Crippen LogP contribution is 2.37. The monoisotopic (exact) mass is 262 g/mol. The summed E-state index contributed by atoms with van der Waals surface area (Å²) >= 11 is 1.72. The molecule has 3 nitrogen and oxygen atoms in total. The van der Waals surface area contributed by atoms with Gasteiger partial charge >= 0.3 is 0 Å². The zero-order valence-corrected chi connectivity index (χ0v) is 11.2. The van der Waals surface area contributed by atoms with Gasteiger partial charge < -0.3 is 10.6 Å². The van der Waals surface area contributed by atoms with E-state index in [2.05, 4.69) is 12.1 Å². The molecule has 0 bridgehead atoms. The number of carbonyl (C=O) groups is 1. The normalized spacial score (nSPS) is 24.1. The lowest BCUT2D eigenvalue weighted by molar-refractivity contribution is -0.131. The number of thioether (sulfide) groups is 1. The largest absolute Gasteiger partial charge is 0.342 e. The molecule has 2 N–H and O–H groups in total. The first-order valence-electron chi connectivity index (χ1n) is 6.53. The maximum Gasteiger partial charge on any atom is 0.236 e. The van der Waals surface area contributed by atoms with Gasteiger partial charge in [-0.15, -0.1) is 11.8 Å². The van der Waals surface area contributed by atoms with E-state index in [9.17, 15) is 4.79 Å². The fraction of sp³-hybridized carbons (Fsp3) is 0.500. The van der Waals surface area contributed by atoms with E-state index in [0.717, 1.165) is 32.4 Å². The molecule has 1 saturated heterocycles. The van der Waals surface area contributed by atoms with Gasteiger partial charge in [-0.1, -0.05) is 18.2 Å². The summed E-state index contributed by atoms with van der Waals surface area (Å²) in [6.45, 7) is 1.65. The van der Waals surface area contributed by atoms with E-state index in [0.29, 0.717) is 5.91 Å². The first-order valence-corrected chi connectivity index (χ1v) is 7.41. The predicted octanol–water partition coefficient (Wildman–Crippen LogP) is 1.65. The number of hydrogen-bond donors (Lipinski definition) is 1. The number of hydrogen-bond acceptors (Lipinski definition) is 3. The average Bonchev–Trinajstić information content (AvgIpc) is 2.82. The average molecular weight is 262 g/mol. The van der Waals surface area contributed by atoms with Gasteiger partial charge in [0, 0.05) is 24.0 Å². The SMILES string of the molecule is NC1CCN(C(=O)C2Cc3ccccc3S2)CC1. The van der Waals surface area contributed by atoms with E-state index in [1.165, 1.54) is 10.5 Å². The molecule has 1 aromatic carbocycles. The molecule has 0 aliphatic carbocycles. The molecule has 0 radical (unpaired) electrons. The summed E-state index contributed by atoms with van der Waals surface area (Å²) in [5.74, 6) is 0.295. The molecule has 1 fully saturated rings. The highest BCUT2D eigenvalue weighted by Gasteiger charge is 2.32. The number of likely N-dealkylation sites (tertiary alicyclic amines) is 1. The maximum atomic E-state index is 12.4. The zero-order chi connectivity index (χ0) is 12.5. The number of amides is 1. The van der Waals surface area contributed by atoms with Crippen molar-refractivity contribution < 1.29 is 4.79 Å². The molecule has 3 rings (SSSR count). The van der Waals surface area contributed by atoms with Gasteiger partial charge in [-0.25, -0.2) is 0 Å². The Hall–Kier alpha value is -1.00. The lowest BCUT2D eigenvalue weighted by atomic mass is 10.0. The molecular formula is C14H18N2OS. The quantitative estimate of drug-likeness (QED) is 0.837. The van der Waals surface area contributed by atoms with Crippen molar-refractivity contribution in [3.63, 3.8) is 0 Å². The smallest absolute Gasteiger partial charge is 0.236 e. The molecule has 1 unspecified atom stereocenters. The molecule has 2 aliphatic heterocycles. The molecule has 1 amide bonds. The van der Waals surface area contributed by atoms with Crippen LogP contribution in [0.4, 0.5) is 0 Å². The number of fused-ring (bicyclic) bond motifs is 1. The van der Waals surface area contributed by atoms with Crippen molar-refractivity contribution in [3.05, 3.63) is 29.8 Å². The van der Waals surface area contributed by atoms with Crippen LogP contribution in [-0.4, -0.2) is 35.2 Å². The summed E-state index contributed by atoms with van der Waals surface area (Å²) in [4.78, 5) is 15.7. The molecule has 2 heterocycles. The molecule has 96 valence electrons. The summed E-state index contributed by atoms with van der Waals surface area (Å²) in [7, 11) is 0. The third-order valence-electron chi connectivity index (χ3n) is 3.77. The highest BCUT2D eigenvalue weighted by molar-refractivity contribution is 8.01. The summed E-state index contributed by atoms with van der Waals surface area (Å²) in [5, 5.41) is 0.0803. The highest BCUT2D eigenvalue weighted by atomic mass is 32.2. The van der Waals surface area contributed by atoms with Gasteiger partial charge in [0.05, 0.1) is 5.25 Å². The summed E-state index contributed by atoms with van der Waals surface area (Å²) in [6.07, 6.45) is 2.76. The predicted molar refractivity (Wildman–Crippen MR) is 73.6 cm³/mol. The lowest BCUT2D eigenvalue weighted by Gasteiger charge is -2.31. The fourth-order valence-electron chi connectivity index (χ4n) is 2.64. The van der Waals surface area contributed by atoms with E-state index >= 15 is 0 Å². The number of rotatable bonds is 1. The van der Waals surface area contributed by atoms with Crippen molar-refractivity contribution in [2.45, 2.75) is 35.4 Å². The van der Waals surface area contributed by atoms with Crippen molar-refractivity contribution in [2.75, 3.05) is 13.1 Å². The van der Waals surface area contributed by atoms with Crippen LogP contribution in [0.1, 0.15) is 18.4 Å². The number of nitrogens with zero attached hydrogens (tertiary/aromatic N) is 1. The molecule has 0 aromatic heterocycles. The first kappa shape index (κ1) is 12.1. The third-order valence-corrected chi connectivity index (χ3v) is 5.08. The molecule has 0 spiro atoms. The Bertz CT molecular complexity index is 430. The van der Waals surface area contributed by atoms with E-state index < -0.39 is 0 Å². The fourth-order valence-corrected chi connectivity index (χ4v) is 3.92. The summed E-state index contributed by atoms with van der Waals surface area (Å²) in [5.41, 5.74) is 7.19. The van der Waals surface area contributed by atoms with Crippen LogP contribution in [0.25, 0.3) is 0 Å². The second kappa shape index (κ2) is 4.94. The van der Waals surface area contributed by atoms with Crippen LogP contribution in [0, 0.1) is 0 Å². The van der Waals surface area contributed by atoms with Crippen LogP contribution in [0.3, 0.4) is 0 Å². The van der Waals surface area contributed by atoms with E-state index in [1.807, 2.05) is 17.0 Å². The Labute approximate surface area is 112 Å². The second-order valence-corrected chi connectivity index (χ2v) is 6.33. The van der Waals surface area contributed by atoms with Crippen LogP contribution in [0.5, 0.6) is 0 Å². The second-order valence-electron chi connectivity index (χ2n) is 5.08. The minimum absolute atomic E-state index is 0.0803. The summed E-state index contributed by atoms with van der Waals surface area (Å²) < 4.78 is 0. The van der Waals surface area contributed by atoms with Crippen molar-refractivity contribution in [1.29, 1.82) is 0 Å². The van der Waals surface area contributed by atoms with Crippen LogP contribution in [-0.2, 0) is 11.2 Å². The Morgan fingerprint density at radius 1 is 1.28 bits per heavy atom.